The number of amides is 1. The normalized spacial score (nSPS) is 16.4. The number of ether oxygens (including phenoxy) is 3. The number of halogens is 3. The van der Waals surface area contributed by atoms with Crippen molar-refractivity contribution in [2.75, 3.05) is 38.7 Å². The Kier molecular flexibility index (Phi) is 7.55. The molecule has 2 fully saturated rings. The molecule has 14 heteroatoms. The Hall–Kier alpha value is -4.82. The van der Waals surface area contributed by atoms with E-state index >= 15 is 0 Å². The largest absolute Gasteiger partial charge is 0.573 e. The van der Waals surface area contributed by atoms with Gasteiger partial charge in [0.25, 0.3) is 5.56 Å². The predicted octanol–water partition coefficient (Wildman–Crippen LogP) is 3.94. The SMILES string of the molecule is COC(=O)c1cncc(-c2ccc3c(=O)n(-c4ccc(OC(F)(F)F)c(NC(=O)C5(N6CCOCC6)CC5)c4)cnc3c2)c1. The number of carbonyl (C=O) groups excluding carboxylic acids is 2. The fourth-order valence-electron chi connectivity index (χ4n) is 5.33. The summed E-state index contributed by atoms with van der Waals surface area (Å²) in [6, 6.07) is 10.1. The molecule has 6 rings (SSSR count). The van der Waals surface area contributed by atoms with E-state index in [1.54, 1.807) is 30.5 Å². The summed E-state index contributed by atoms with van der Waals surface area (Å²) in [5, 5.41) is 2.86. The number of esters is 1. The Morgan fingerprint density at radius 1 is 1.02 bits per heavy atom. The monoisotopic (exact) mass is 609 g/mol. The highest BCUT2D eigenvalue weighted by Crippen LogP contribution is 2.44. The van der Waals surface area contributed by atoms with Gasteiger partial charge in [-0.05, 0) is 54.8 Å². The summed E-state index contributed by atoms with van der Waals surface area (Å²) in [6.07, 6.45) is 0.300. The Balaban J connectivity index is 1.33. The van der Waals surface area contributed by atoms with E-state index < -0.39 is 35.1 Å². The van der Waals surface area contributed by atoms with Gasteiger partial charge in [-0.15, -0.1) is 13.2 Å². The number of hydrogen-bond acceptors (Lipinski definition) is 9. The van der Waals surface area contributed by atoms with Gasteiger partial charge < -0.3 is 19.5 Å². The van der Waals surface area contributed by atoms with Crippen molar-refractivity contribution in [1.29, 1.82) is 0 Å². The Morgan fingerprint density at radius 3 is 2.50 bits per heavy atom. The lowest BCUT2D eigenvalue weighted by atomic mass is 10.0. The topological polar surface area (TPSA) is 125 Å². The van der Waals surface area contributed by atoms with E-state index in [2.05, 4.69) is 20.0 Å². The van der Waals surface area contributed by atoms with Gasteiger partial charge in [-0.25, -0.2) is 9.78 Å². The van der Waals surface area contributed by atoms with E-state index in [1.165, 1.54) is 36.3 Å². The van der Waals surface area contributed by atoms with Crippen LogP contribution in [0.5, 0.6) is 5.75 Å². The quantitative estimate of drug-likeness (QED) is 0.310. The summed E-state index contributed by atoms with van der Waals surface area (Å²) in [5.74, 6) is -1.61. The number of aromatic nitrogens is 3. The molecule has 44 heavy (non-hydrogen) atoms. The zero-order valence-electron chi connectivity index (χ0n) is 23.4. The van der Waals surface area contributed by atoms with Gasteiger partial charge in [0.15, 0.2) is 5.75 Å². The molecule has 1 amide bonds. The second-order valence-corrected chi connectivity index (χ2v) is 10.4. The second-order valence-electron chi connectivity index (χ2n) is 10.4. The highest BCUT2D eigenvalue weighted by molar-refractivity contribution is 6.01. The average molecular weight is 610 g/mol. The summed E-state index contributed by atoms with van der Waals surface area (Å²) in [4.78, 5) is 49.3. The fourth-order valence-corrected chi connectivity index (χ4v) is 5.33. The van der Waals surface area contributed by atoms with Crippen LogP contribution in [0.25, 0.3) is 27.7 Å². The number of morpholine rings is 1. The second kappa shape index (κ2) is 11.4. The summed E-state index contributed by atoms with van der Waals surface area (Å²) in [5.41, 5.74) is 0.470. The number of fused-ring (bicyclic) bond motifs is 1. The van der Waals surface area contributed by atoms with Crippen LogP contribution in [0.3, 0.4) is 0 Å². The van der Waals surface area contributed by atoms with Crippen molar-refractivity contribution in [2.24, 2.45) is 0 Å². The van der Waals surface area contributed by atoms with Gasteiger partial charge in [-0.1, -0.05) is 6.07 Å². The molecule has 1 aliphatic carbocycles. The van der Waals surface area contributed by atoms with Gasteiger partial charge in [-0.2, -0.15) is 0 Å². The highest BCUT2D eigenvalue weighted by atomic mass is 19.4. The summed E-state index contributed by atoms with van der Waals surface area (Å²) >= 11 is 0. The van der Waals surface area contributed by atoms with Gasteiger partial charge in [0.05, 0.1) is 48.2 Å². The third kappa shape index (κ3) is 5.73. The van der Waals surface area contributed by atoms with E-state index in [4.69, 9.17) is 9.47 Å². The van der Waals surface area contributed by atoms with Gasteiger partial charge in [0.1, 0.15) is 11.9 Å². The molecule has 0 bridgehead atoms. The van der Waals surface area contributed by atoms with E-state index in [0.29, 0.717) is 55.8 Å². The van der Waals surface area contributed by atoms with Crippen LogP contribution in [0.2, 0.25) is 0 Å². The zero-order valence-corrected chi connectivity index (χ0v) is 23.4. The Morgan fingerprint density at radius 2 is 1.80 bits per heavy atom. The lowest BCUT2D eigenvalue weighted by Gasteiger charge is -2.34. The maximum absolute atomic E-state index is 13.5. The minimum absolute atomic E-state index is 0.171. The van der Waals surface area contributed by atoms with Crippen molar-refractivity contribution in [1.82, 2.24) is 19.4 Å². The number of rotatable bonds is 7. The molecule has 4 aromatic rings. The first-order valence-corrected chi connectivity index (χ1v) is 13.7. The molecule has 3 heterocycles. The van der Waals surface area contributed by atoms with Gasteiger partial charge in [0, 0.05) is 31.0 Å². The predicted molar refractivity (Wildman–Crippen MR) is 152 cm³/mol. The van der Waals surface area contributed by atoms with Gasteiger partial charge >= 0.3 is 12.3 Å². The Labute approximate surface area is 248 Å². The Bertz CT molecular complexity index is 1820. The summed E-state index contributed by atoms with van der Waals surface area (Å²) < 4.78 is 55.2. The van der Waals surface area contributed by atoms with Crippen molar-refractivity contribution in [3.8, 4) is 22.6 Å². The molecule has 2 aromatic heterocycles. The number of methoxy groups -OCH3 is 1. The zero-order chi connectivity index (χ0) is 31.1. The van der Waals surface area contributed by atoms with Crippen molar-refractivity contribution in [3.05, 3.63) is 77.1 Å². The number of carbonyl (C=O) groups is 2. The minimum Gasteiger partial charge on any atom is -0.465 e. The number of anilines is 1. The number of nitrogens with one attached hydrogen (secondary N) is 1. The maximum Gasteiger partial charge on any atom is 0.573 e. The number of alkyl halides is 3. The van der Waals surface area contributed by atoms with Crippen LogP contribution in [0.4, 0.5) is 18.9 Å². The molecule has 1 saturated carbocycles. The standard InChI is InChI=1S/C30H26F3N5O6/c1-42-27(40)20-12-19(15-34-16-20)18-2-4-22-23(13-18)35-17-38(26(22)39)21-3-5-25(44-30(31,32)33)24(14-21)36-28(41)29(6-7-29)37-8-10-43-11-9-37/h2-5,12-17H,6-11H2,1H3,(H,36,41). The smallest absolute Gasteiger partial charge is 0.465 e. The van der Waals surface area contributed by atoms with Crippen LogP contribution in [0, 0.1) is 0 Å². The first kappa shape index (κ1) is 29.3. The molecular weight excluding hydrogens is 583 g/mol. The van der Waals surface area contributed by atoms with Crippen LogP contribution in [0.1, 0.15) is 23.2 Å². The molecule has 11 nitrogen and oxygen atoms in total. The van der Waals surface area contributed by atoms with Crippen molar-refractivity contribution in [2.45, 2.75) is 24.7 Å². The summed E-state index contributed by atoms with van der Waals surface area (Å²) in [7, 11) is 1.27. The number of nitrogens with zero attached hydrogens (tertiary/aromatic N) is 4. The molecule has 228 valence electrons. The molecule has 2 aliphatic rings. The molecule has 0 radical (unpaired) electrons. The molecule has 0 unspecified atom stereocenters. The van der Waals surface area contributed by atoms with Crippen molar-refractivity contribution < 1.29 is 37.0 Å². The minimum atomic E-state index is -5.01. The van der Waals surface area contributed by atoms with Crippen molar-refractivity contribution in [3.63, 3.8) is 0 Å². The molecular formula is C30H26F3N5O6. The number of hydrogen-bond donors (Lipinski definition) is 1. The fraction of sp³-hybridized carbons (Fsp3) is 0.300. The van der Waals surface area contributed by atoms with Crippen LogP contribution >= 0.6 is 0 Å². The number of benzene rings is 2. The van der Waals surface area contributed by atoms with Crippen LogP contribution < -0.4 is 15.6 Å². The average Bonchev–Trinajstić information content (AvgIpc) is 3.84. The molecule has 1 aliphatic heterocycles. The van der Waals surface area contributed by atoms with E-state index in [1.807, 2.05) is 4.90 Å². The van der Waals surface area contributed by atoms with Crippen molar-refractivity contribution >= 4 is 28.5 Å². The van der Waals surface area contributed by atoms with E-state index in [0.717, 1.165) is 6.07 Å². The highest BCUT2D eigenvalue weighted by Gasteiger charge is 2.54. The van der Waals surface area contributed by atoms with Crippen LogP contribution in [-0.4, -0.2) is 76.6 Å². The third-order valence-electron chi connectivity index (χ3n) is 7.73. The van der Waals surface area contributed by atoms with Crippen LogP contribution in [-0.2, 0) is 14.3 Å². The van der Waals surface area contributed by atoms with Gasteiger partial charge in [-0.3, -0.25) is 24.0 Å². The molecule has 1 saturated heterocycles. The molecule has 2 aromatic carbocycles. The lowest BCUT2D eigenvalue weighted by molar-refractivity contribution is -0.274. The maximum atomic E-state index is 13.5. The van der Waals surface area contributed by atoms with Gasteiger partial charge in [0.2, 0.25) is 5.91 Å². The summed E-state index contributed by atoms with van der Waals surface area (Å²) in [6.45, 7) is 1.99. The molecule has 0 atom stereocenters. The van der Waals surface area contributed by atoms with Crippen LogP contribution in [0.15, 0.2) is 66.0 Å². The third-order valence-corrected chi connectivity index (χ3v) is 7.73. The number of pyridine rings is 1. The first-order valence-electron chi connectivity index (χ1n) is 13.7. The van der Waals surface area contributed by atoms with E-state index in [-0.39, 0.29) is 22.3 Å². The molecule has 0 spiro atoms. The first-order chi connectivity index (χ1) is 21.1. The molecule has 1 N–H and O–H groups in total. The lowest BCUT2D eigenvalue weighted by Crippen LogP contribution is -2.51. The van der Waals surface area contributed by atoms with E-state index in [9.17, 15) is 27.6 Å².